The van der Waals surface area contributed by atoms with Crippen LogP contribution in [0.15, 0.2) is 0 Å². The van der Waals surface area contributed by atoms with E-state index >= 15 is 0 Å². The number of nitrogens with zero attached hydrogens (tertiary/aromatic N) is 1. The van der Waals surface area contributed by atoms with Gasteiger partial charge >= 0.3 is 0 Å². The Bertz CT molecular complexity index is 300. The van der Waals surface area contributed by atoms with Gasteiger partial charge in [-0.3, -0.25) is 0 Å². The Hall–Kier alpha value is -0.640. The van der Waals surface area contributed by atoms with Crippen LogP contribution in [0, 0.1) is 11.3 Å². The molecular weight excluding hydrogens is 192 g/mol. The second-order valence-corrected chi connectivity index (χ2v) is 5.03. The van der Waals surface area contributed by atoms with Crippen LogP contribution in [0.3, 0.4) is 0 Å². The zero-order valence-corrected chi connectivity index (χ0v) is 8.17. The summed E-state index contributed by atoms with van der Waals surface area (Å²) in [5.41, 5.74) is 0. The summed E-state index contributed by atoms with van der Waals surface area (Å²) in [6.45, 7) is 2.34. The van der Waals surface area contributed by atoms with Crippen LogP contribution in [0.2, 0.25) is 0 Å². The van der Waals surface area contributed by atoms with E-state index in [9.17, 15) is 8.42 Å². The van der Waals surface area contributed by atoms with Crippen molar-refractivity contribution in [1.82, 2.24) is 4.72 Å². The van der Waals surface area contributed by atoms with Crippen molar-refractivity contribution in [3.63, 3.8) is 0 Å². The lowest BCUT2D eigenvalue weighted by Crippen LogP contribution is -2.39. The van der Waals surface area contributed by atoms with E-state index in [1.165, 1.54) is 6.92 Å². The number of ether oxygens (including phenoxy) is 1. The molecular formula is C7H12N2O3S. The number of hydrogen-bond acceptors (Lipinski definition) is 4. The van der Waals surface area contributed by atoms with Crippen molar-refractivity contribution in [3.8, 4) is 6.07 Å². The average Bonchev–Trinajstić information content (AvgIpc) is 2.54. The molecule has 2 unspecified atom stereocenters. The third kappa shape index (κ3) is 2.66. The van der Waals surface area contributed by atoms with Gasteiger partial charge < -0.3 is 4.74 Å². The van der Waals surface area contributed by atoms with E-state index in [0.717, 1.165) is 0 Å². The van der Waals surface area contributed by atoms with Gasteiger partial charge in [-0.2, -0.15) is 5.26 Å². The summed E-state index contributed by atoms with van der Waals surface area (Å²) in [6.07, 6.45) is 0.678. The molecule has 0 radical (unpaired) electrons. The molecule has 74 valence electrons. The summed E-state index contributed by atoms with van der Waals surface area (Å²) in [4.78, 5) is 0. The summed E-state index contributed by atoms with van der Waals surface area (Å²) in [6, 6.07) is 1.52. The fraction of sp³-hybridized carbons (Fsp3) is 0.857. The molecule has 2 atom stereocenters. The molecule has 1 aliphatic rings. The molecule has 1 heterocycles. The van der Waals surface area contributed by atoms with Crippen molar-refractivity contribution in [3.05, 3.63) is 0 Å². The van der Waals surface area contributed by atoms with E-state index in [0.29, 0.717) is 19.6 Å². The molecule has 1 rings (SSSR count). The SMILES string of the molecule is CC(C#N)S(=O)(=O)NC1CCOC1. The van der Waals surface area contributed by atoms with Crippen molar-refractivity contribution in [2.75, 3.05) is 13.2 Å². The van der Waals surface area contributed by atoms with E-state index in [2.05, 4.69) is 4.72 Å². The zero-order valence-electron chi connectivity index (χ0n) is 7.36. The standard InChI is InChI=1S/C7H12N2O3S/c1-6(4-8)13(10,11)9-7-2-3-12-5-7/h6-7,9H,2-3,5H2,1H3. The first-order valence-corrected chi connectivity index (χ1v) is 5.59. The Morgan fingerprint density at radius 1 is 1.69 bits per heavy atom. The molecule has 0 spiro atoms. The van der Waals surface area contributed by atoms with Crippen molar-refractivity contribution in [1.29, 1.82) is 5.26 Å². The Morgan fingerprint density at radius 2 is 2.38 bits per heavy atom. The summed E-state index contributed by atoms with van der Waals surface area (Å²) in [5, 5.41) is 7.44. The van der Waals surface area contributed by atoms with Gasteiger partial charge in [0, 0.05) is 12.6 Å². The smallest absolute Gasteiger partial charge is 0.228 e. The minimum Gasteiger partial charge on any atom is -0.380 e. The van der Waals surface area contributed by atoms with E-state index in [-0.39, 0.29) is 6.04 Å². The maximum Gasteiger partial charge on any atom is 0.228 e. The van der Waals surface area contributed by atoms with Crippen LogP contribution >= 0.6 is 0 Å². The molecule has 1 aliphatic heterocycles. The van der Waals surface area contributed by atoms with Crippen LogP contribution < -0.4 is 4.72 Å². The Kier molecular flexibility index (Phi) is 3.25. The van der Waals surface area contributed by atoms with Crippen LogP contribution in [-0.2, 0) is 14.8 Å². The van der Waals surface area contributed by atoms with Crippen molar-refractivity contribution in [2.45, 2.75) is 24.6 Å². The molecule has 0 aromatic heterocycles. The van der Waals surface area contributed by atoms with Crippen LogP contribution in [0.5, 0.6) is 0 Å². The molecule has 0 saturated carbocycles. The van der Waals surface area contributed by atoms with Crippen molar-refractivity contribution < 1.29 is 13.2 Å². The van der Waals surface area contributed by atoms with E-state index in [4.69, 9.17) is 10.00 Å². The zero-order chi connectivity index (χ0) is 9.90. The van der Waals surface area contributed by atoms with Crippen molar-refractivity contribution in [2.24, 2.45) is 0 Å². The Balaban J connectivity index is 2.57. The maximum atomic E-state index is 11.3. The van der Waals surface area contributed by atoms with Gasteiger partial charge in [-0.25, -0.2) is 13.1 Å². The molecule has 6 heteroatoms. The molecule has 0 amide bonds. The highest BCUT2D eigenvalue weighted by Crippen LogP contribution is 2.07. The minimum absolute atomic E-state index is 0.166. The summed E-state index contributed by atoms with van der Waals surface area (Å²) < 4.78 is 30.1. The largest absolute Gasteiger partial charge is 0.380 e. The Labute approximate surface area is 77.7 Å². The van der Waals surface area contributed by atoms with Gasteiger partial charge in [0.15, 0.2) is 5.25 Å². The van der Waals surface area contributed by atoms with Gasteiger partial charge in [0.05, 0.1) is 12.7 Å². The molecule has 13 heavy (non-hydrogen) atoms. The topological polar surface area (TPSA) is 79.2 Å². The number of rotatable bonds is 3. The minimum atomic E-state index is -3.48. The fourth-order valence-corrected chi connectivity index (χ4v) is 2.02. The lowest BCUT2D eigenvalue weighted by Gasteiger charge is -2.11. The predicted molar refractivity (Wildman–Crippen MR) is 46.4 cm³/mol. The molecule has 1 saturated heterocycles. The normalized spacial score (nSPS) is 25.4. The summed E-state index contributed by atoms with van der Waals surface area (Å²) in [7, 11) is -3.48. The highest BCUT2D eigenvalue weighted by Gasteiger charge is 2.26. The highest BCUT2D eigenvalue weighted by atomic mass is 32.2. The number of sulfonamides is 1. The summed E-state index contributed by atoms with van der Waals surface area (Å²) in [5.74, 6) is 0. The fourth-order valence-electron chi connectivity index (χ4n) is 1.03. The van der Waals surface area contributed by atoms with Gasteiger partial charge in [-0.1, -0.05) is 0 Å². The maximum absolute atomic E-state index is 11.3. The first-order valence-electron chi connectivity index (χ1n) is 4.05. The first kappa shape index (κ1) is 10.4. The highest BCUT2D eigenvalue weighted by molar-refractivity contribution is 7.90. The van der Waals surface area contributed by atoms with Gasteiger partial charge in [-0.05, 0) is 13.3 Å². The van der Waals surface area contributed by atoms with E-state index in [1.54, 1.807) is 6.07 Å². The molecule has 0 bridgehead atoms. The molecule has 5 nitrogen and oxygen atoms in total. The van der Waals surface area contributed by atoms with Gasteiger partial charge in [0.25, 0.3) is 0 Å². The second kappa shape index (κ2) is 4.05. The third-order valence-electron chi connectivity index (χ3n) is 1.91. The molecule has 0 aliphatic carbocycles. The van der Waals surface area contributed by atoms with Crippen LogP contribution in [0.1, 0.15) is 13.3 Å². The predicted octanol–water partition coefficient (Wildman–Crippen LogP) is -0.393. The average molecular weight is 204 g/mol. The summed E-state index contributed by atoms with van der Waals surface area (Å²) >= 11 is 0. The van der Waals surface area contributed by atoms with Crippen LogP contribution in [0.25, 0.3) is 0 Å². The lowest BCUT2D eigenvalue weighted by atomic mass is 10.3. The third-order valence-corrected chi connectivity index (χ3v) is 3.61. The molecule has 0 aromatic rings. The van der Waals surface area contributed by atoms with Crippen LogP contribution in [-0.4, -0.2) is 32.9 Å². The monoisotopic (exact) mass is 204 g/mol. The number of nitrogens with one attached hydrogen (secondary N) is 1. The Morgan fingerprint density at radius 3 is 2.85 bits per heavy atom. The number of hydrogen-bond donors (Lipinski definition) is 1. The van der Waals surface area contributed by atoms with Gasteiger partial charge in [-0.15, -0.1) is 0 Å². The lowest BCUT2D eigenvalue weighted by molar-refractivity contribution is 0.192. The number of nitriles is 1. The van der Waals surface area contributed by atoms with Crippen molar-refractivity contribution >= 4 is 10.0 Å². The van der Waals surface area contributed by atoms with Crippen LogP contribution in [0.4, 0.5) is 0 Å². The second-order valence-electron chi connectivity index (χ2n) is 2.99. The first-order chi connectivity index (χ1) is 6.06. The van der Waals surface area contributed by atoms with Gasteiger partial charge in [0.2, 0.25) is 10.0 Å². The molecule has 1 N–H and O–H groups in total. The van der Waals surface area contributed by atoms with E-state index < -0.39 is 15.3 Å². The van der Waals surface area contributed by atoms with Gasteiger partial charge in [0.1, 0.15) is 0 Å². The molecule has 0 aromatic carbocycles. The molecule has 1 fully saturated rings. The van der Waals surface area contributed by atoms with E-state index in [1.807, 2.05) is 0 Å². The quantitative estimate of drug-likeness (QED) is 0.678.